The first-order valence-electron chi connectivity index (χ1n) is 4.58. The Labute approximate surface area is 79.3 Å². The molecule has 6 heteroatoms. The minimum absolute atomic E-state index is 0.0409. The summed E-state index contributed by atoms with van der Waals surface area (Å²) in [5, 5.41) is 2.32. The average Bonchev–Trinajstić information content (AvgIpc) is 2.77. The van der Waals surface area contributed by atoms with Crippen molar-refractivity contribution in [3.63, 3.8) is 0 Å². The zero-order chi connectivity index (χ0) is 10.2. The van der Waals surface area contributed by atoms with Crippen LogP contribution in [0.4, 0.5) is 13.2 Å². The quantitative estimate of drug-likeness (QED) is 0.742. The Morgan fingerprint density at radius 1 is 1.43 bits per heavy atom. The lowest BCUT2D eigenvalue weighted by Gasteiger charge is -2.21. The van der Waals surface area contributed by atoms with Gasteiger partial charge in [-0.3, -0.25) is 0 Å². The third-order valence-electron chi connectivity index (χ3n) is 2.31. The van der Waals surface area contributed by atoms with E-state index in [4.69, 9.17) is 4.74 Å². The van der Waals surface area contributed by atoms with Gasteiger partial charge in [-0.05, 0) is 18.8 Å². The van der Waals surface area contributed by atoms with Gasteiger partial charge in [-0.2, -0.15) is 13.2 Å². The Morgan fingerprint density at radius 3 is 2.57 bits per heavy atom. The molecule has 0 aromatic carbocycles. The summed E-state index contributed by atoms with van der Waals surface area (Å²) in [5.41, 5.74) is 0. The second kappa shape index (κ2) is 3.33. The van der Waals surface area contributed by atoms with Gasteiger partial charge in [0.05, 0.1) is 6.54 Å². The highest BCUT2D eigenvalue weighted by molar-refractivity contribution is 5.75. The molecule has 0 saturated heterocycles. The first-order chi connectivity index (χ1) is 6.57. The van der Waals surface area contributed by atoms with Gasteiger partial charge in [0, 0.05) is 0 Å². The van der Waals surface area contributed by atoms with Gasteiger partial charge in [-0.25, -0.2) is 4.99 Å². The number of ether oxygens (including phenoxy) is 1. The molecule has 1 saturated carbocycles. The molecule has 0 spiro atoms. The lowest BCUT2D eigenvalue weighted by atomic mass is 10.2. The number of alkyl halides is 3. The molecule has 1 atom stereocenters. The number of hydrogen-bond acceptors (Lipinski definition) is 3. The van der Waals surface area contributed by atoms with Crippen molar-refractivity contribution in [1.29, 1.82) is 0 Å². The standard InChI is InChI=1S/C8H11F3N2O/c9-8(10,11)6(5-1-2-5)13-7-12-3-4-14-7/h5-6H,1-4H2,(H,12,13). The van der Waals surface area contributed by atoms with Crippen LogP contribution in [0, 0.1) is 5.92 Å². The fourth-order valence-electron chi connectivity index (χ4n) is 1.45. The number of aliphatic imine (C=N–C) groups is 1. The minimum atomic E-state index is -4.21. The largest absolute Gasteiger partial charge is 0.463 e. The van der Waals surface area contributed by atoms with Gasteiger partial charge < -0.3 is 10.1 Å². The van der Waals surface area contributed by atoms with E-state index in [1.165, 1.54) is 0 Å². The highest BCUT2D eigenvalue weighted by Gasteiger charge is 2.49. The number of rotatable bonds is 2. The van der Waals surface area contributed by atoms with E-state index in [-0.39, 0.29) is 11.9 Å². The summed E-state index contributed by atoms with van der Waals surface area (Å²) in [6, 6.07) is -1.45. The maximum Gasteiger partial charge on any atom is 0.408 e. The molecule has 1 heterocycles. The molecule has 1 unspecified atom stereocenters. The number of halogens is 3. The Hall–Kier alpha value is -0.940. The normalized spacial score (nSPS) is 24.1. The van der Waals surface area contributed by atoms with Gasteiger partial charge in [-0.1, -0.05) is 0 Å². The highest BCUT2D eigenvalue weighted by Crippen LogP contribution is 2.40. The lowest BCUT2D eigenvalue weighted by Crippen LogP contribution is -2.47. The van der Waals surface area contributed by atoms with Crippen molar-refractivity contribution >= 4 is 6.02 Å². The van der Waals surface area contributed by atoms with Crippen molar-refractivity contribution in [2.75, 3.05) is 13.2 Å². The van der Waals surface area contributed by atoms with E-state index in [9.17, 15) is 13.2 Å². The Balaban J connectivity index is 1.97. The van der Waals surface area contributed by atoms with Gasteiger partial charge in [0.2, 0.25) is 0 Å². The van der Waals surface area contributed by atoms with E-state index >= 15 is 0 Å². The van der Waals surface area contributed by atoms with Crippen LogP contribution in [0.25, 0.3) is 0 Å². The molecule has 0 amide bonds. The van der Waals surface area contributed by atoms with Crippen LogP contribution in [0.5, 0.6) is 0 Å². The molecule has 1 N–H and O–H groups in total. The monoisotopic (exact) mass is 208 g/mol. The van der Waals surface area contributed by atoms with Crippen LogP contribution in [-0.4, -0.2) is 31.4 Å². The molecule has 14 heavy (non-hydrogen) atoms. The molecule has 1 aliphatic heterocycles. The molecule has 2 rings (SSSR count). The van der Waals surface area contributed by atoms with Crippen LogP contribution in [0.1, 0.15) is 12.8 Å². The zero-order valence-electron chi connectivity index (χ0n) is 7.47. The molecule has 2 aliphatic rings. The Bertz CT molecular complexity index is 247. The Kier molecular flexibility index (Phi) is 2.28. The smallest absolute Gasteiger partial charge is 0.408 e. The van der Waals surface area contributed by atoms with Crippen molar-refractivity contribution in [2.45, 2.75) is 25.1 Å². The van der Waals surface area contributed by atoms with Crippen LogP contribution in [0.15, 0.2) is 4.99 Å². The molecule has 0 bridgehead atoms. The van der Waals surface area contributed by atoms with E-state index in [1.54, 1.807) is 0 Å². The predicted octanol–water partition coefficient (Wildman–Crippen LogP) is 1.30. The first kappa shape index (κ1) is 9.61. The number of nitrogens with zero attached hydrogens (tertiary/aromatic N) is 1. The van der Waals surface area contributed by atoms with Gasteiger partial charge >= 0.3 is 6.18 Å². The molecule has 80 valence electrons. The third kappa shape index (κ3) is 2.10. The molecule has 0 radical (unpaired) electrons. The van der Waals surface area contributed by atoms with Gasteiger partial charge in [0.15, 0.2) is 0 Å². The van der Waals surface area contributed by atoms with Crippen molar-refractivity contribution in [2.24, 2.45) is 10.9 Å². The fraction of sp³-hybridized carbons (Fsp3) is 0.875. The first-order valence-corrected chi connectivity index (χ1v) is 4.58. The van der Waals surface area contributed by atoms with E-state index in [2.05, 4.69) is 10.3 Å². The van der Waals surface area contributed by atoms with Crippen molar-refractivity contribution in [1.82, 2.24) is 5.32 Å². The molecule has 0 aromatic rings. The predicted molar refractivity (Wildman–Crippen MR) is 44.0 cm³/mol. The summed E-state index contributed by atoms with van der Waals surface area (Å²) in [7, 11) is 0. The van der Waals surface area contributed by atoms with Gasteiger partial charge in [-0.15, -0.1) is 0 Å². The Morgan fingerprint density at radius 2 is 2.14 bits per heavy atom. The van der Waals surface area contributed by atoms with Crippen LogP contribution < -0.4 is 5.32 Å². The van der Waals surface area contributed by atoms with Crippen LogP contribution >= 0.6 is 0 Å². The average molecular weight is 208 g/mol. The molecule has 1 aliphatic carbocycles. The lowest BCUT2D eigenvalue weighted by molar-refractivity contribution is -0.157. The summed E-state index contributed by atoms with van der Waals surface area (Å²) >= 11 is 0. The SMILES string of the molecule is FC(F)(F)C(NC1=NCCO1)C1CC1. The van der Waals surface area contributed by atoms with Crippen LogP contribution in [0.2, 0.25) is 0 Å². The molecular weight excluding hydrogens is 197 g/mol. The summed E-state index contributed by atoms with van der Waals surface area (Å²) in [6.07, 6.45) is -2.95. The molecular formula is C8H11F3N2O. The van der Waals surface area contributed by atoms with E-state index in [0.717, 1.165) is 0 Å². The number of nitrogens with one attached hydrogen (secondary N) is 1. The zero-order valence-corrected chi connectivity index (χ0v) is 7.47. The summed E-state index contributed by atoms with van der Waals surface area (Å²) in [5.74, 6) is -0.304. The topological polar surface area (TPSA) is 33.6 Å². The number of hydrogen-bond donors (Lipinski definition) is 1. The molecule has 1 fully saturated rings. The van der Waals surface area contributed by atoms with Gasteiger partial charge in [0.25, 0.3) is 6.02 Å². The maximum absolute atomic E-state index is 12.5. The summed E-state index contributed by atoms with van der Waals surface area (Å²) in [4.78, 5) is 3.78. The van der Waals surface area contributed by atoms with Gasteiger partial charge in [0.1, 0.15) is 12.6 Å². The van der Waals surface area contributed by atoms with Crippen molar-refractivity contribution in [3.8, 4) is 0 Å². The number of amidine groups is 1. The van der Waals surface area contributed by atoms with Crippen molar-refractivity contribution in [3.05, 3.63) is 0 Å². The van der Waals surface area contributed by atoms with Crippen LogP contribution in [0.3, 0.4) is 0 Å². The van der Waals surface area contributed by atoms with E-state index in [0.29, 0.717) is 26.0 Å². The minimum Gasteiger partial charge on any atom is -0.463 e. The third-order valence-corrected chi connectivity index (χ3v) is 2.31. The second-order valence-corrected chi connectivity index (χ2v) is 3.54. The summed E-state index contributed by atoms with van der Waals surface area (Å²) < 4.78 is 42.4. The fourth-order valence-corrected chi connectivity index (χ4v) is 1.45. The maximum atomic E-state index is 12.5. The van der Waals surface area contributed by atoms with Crippen molar-refractivity contribution < 1.29 is 17.9 Å². The summed E-state index contributed by atoms with van der Waals surface area (Å²) in [6.45, 7) is 0.815. The van der Waals surface area contributed by atoms with E-state index < -0.39 is 12.2 Å². The molecule has 0 aromatic heterocycles. The van der Waals surface area contributed by atoms with E-state index in [1.807, 2.05) is 0 Å². The molecule has 3 nitrogen and oxygen atoms in total. The second-order valence-electron chi connectivity index (χ2n) is 3.54. The van der Waals surface area contributed by atoms with Crippen LogP contribution in [-0.2, 0) is 4.74 Å². The highest BCUT2D eigenvalue weighted by atomic mass is 19.4.